The van der Waals surface area contributed by atoms with Crippen LogP contribution in [0.5, 0.6) is 11.5 Å². The first-order valence-electron chi connectivity index (χ1n) is 6.87. The summed E-state index contributed by atoms with van der Waals surface area (Å²) in [7, 11) is 1.40. The van der Waals surface area contributed by atoms with E-state index in [0.717, 1.165) is 0 Å². The normalized spacial score (nSPS) is 10.3. The van der Waals surface area contributed by atoms with Gasteiger partial charge in [0.1, 0.15) is 0 Å². The Balaban J connectivity index is 2.46. The first kappa shape index (κ1) is 18.4. The summed E-state index contributed by atoms with van der Waals surface area (Å²) in [6.07, 6.45) is 1.87. The Bertz CT molecular complexity index is 776. The maximum atomic E-state index is 12.4. The highest BCUT2D eigenvalue weighted by molar-refractivity contribution is 9.10. The highest BCUT2D eigenvalue weighted by atomic mass is 79.9. The third kappa shape index (κ3) is 4.10. The summed E-state index contributed by atoms with van der Waals surface area (Å²) >= 11 is 4.80. The van der Waals surface area contributed by atoms with Crippen molar-refractivity contribution in [1.82, 2.24) is 0 Å². The quantitative estimate of drug-likeness (QED) is 0.567. The molecule has 0 saturated heterocycles. The fourth-order valence-corrected chi connectivity index (χ4v) is 3.06. The summed E-state index contributed by atoms with van der Waals surface area (Å²) < 4.78 is 11.4. The molecule has 0 amide bonds. The predicted molar refractivity (Wildman–Crippen MR) is 96.3 cm³/mol. The number of hydrogen-bond donors (Lipinski definition) is 1. The van der Waals surface area contributed by atoms with Gasteiger partial charge in [0.05, 0.1) is 18.2 Å². The van der Waals surface area contributed by atoms with E-state index in [0.29, 0.717) is 21.4 Å². The van der Waals surface area contributed by atoms with Gasteiger partial charge in [0, 0.05) is 15.8 Å². The Morgan fingerprint density at radius 2 is 1.96 bits per heavy atom. The Morgan fingerprint density at radius 1 is 1.25 bits per heavy atom. The number of esters is 1. The van der Waals surface area contributed by atoms with Crippen LogP contribution in [0.2, 0.25) is 0 Å². The number of carboxylic acids is 1. The summed E-state index contributed by atoms with van der Waals surface area (Å²) in [6, 6.07) is 9.74. The molecule has 7 heteroatoms. The van der Waals surface area contributed by atoms with Crippen molar-refractivity contribution in [2.75, 3.05) is 13.4 Å². The molecular formula is C17H15BrO5S. The Labute approximate surface area is 152 Å². The van der Waals surface area contributed by atoms with Gasteiger partial charge in [-0.05, 0) is 46.5 Å². The van der Waals surface area contributed by atoms with E-state index in [1.54, 1.807) is 24.3 Å². The lowest BCUT2D eigenvalue weighted by Gasteiger charge is -2.15. The van der Waals surface area contributed by atoms with Crippen LogP contribution in [0, 0.1) is 0 Å². The van der Waals surface area contributed by atoms with Crippen LogP contribution in [0.3, 0.4) is 0 Å². The predicted octanol–water partition coefficient (Wildman–Crippen LogP) is 4.24. The molecule has 0 aliphatic carbocycles. The summed E-state index contributed by atoms with van der Waals surface area (Å²) in [6.45, 7) is 0. The van der Waals surface area contributed by atoms with E-state index in [2.05, 4.69) is 15.9 Å². The minimum Gasteiger partial charge on any atom is -0.493 e. The van der Waals surface area contributed by atoms with Crippen LogP contribution in [0.4, 0.5) is 0 Å². The molecule has 24 heavy (non-hydrogen) atoms. The van der Waals surface area contributed by atoms with Gasteiger partial charge >= 0.3 is 11.9 Å². The van der Waals surface area contributed by atoms with Gasteiger partial charge in [0.25, 0.3) is 0 Å². The van der Waals surface area contributed by atoms with Gasteiger partial charge in [0.15, 0.2) is 11.5 Å². The van der Waals surface area contributed by atoms with E-state index in [-0.39, 0.29) is 17.1 Å². The second-order valence-electron chi connectivity index (χ2n) is 4.77. The van der Waals surface area contributed by atoms with Crippen LogP contribution in [-0.2, 0) is 5.75 Å². The fraction of sp³-hybridized carbons (Fsp3) is 0.176. The van der Waals surface area contributed by atoms with E-state index in [4.69, 9.17) is 9.47 Å². The molecule has 0 spiro atoms. The number of benzene rings is 2. The lowest BCUT2D eigenvalue weighted by atomic mass is 10.1. The van der Waals surface area contributed by atoms with Gasteiger partial charge in [-0.15, -0.1) is 0 Å². The number of halogens is 1. The van der Waals surface area contributed by atoms with Crippen molar-refractivity contribution in [2.24, 2.45) is 0 Å². The van der Waals surface area contributed by atoms with Gasteiger partial charge in [-0.2, -0.15) is 11.8 Å². The molecule has 0 bridgehead atoms. The van der Waals surface area contributed by atoms with Crippen LogP contribution >= 0.6 is 27.7 Å². The minimum absolute atomic E-state index is 0.0802. The maximum absolute atomic E-state index is 12.4. The van der Waals surface area contributed by atoms with Gasteiger partial charge in [0.2, 0.25) is 0 Å². The van der Waals surface area contributed by atoms with Crippen molar-refractivity contribution >= 4 is 39.6 Å². The maximum Gasteiger partial charge on any atom is 0.344 e. The third-order valence-corrected chi connectivity index (χ3v) is 4.48. The lowest BCUT2D eigenvalue weighted by molar-refractivity contribution is 0.0696. The molecule has 0 saturated carbocycles. The second kappa shape index (κ2) is 8.21. The fourth-order valence-electron chi connectivity index (χ4n) is 2.09. The van der Waals surface area contributed by atoms with Crippen LogP contribution in [0.25, 0.3) is 0 Å². The smallest absolute Gasteiger partial charge is 0.344 e. The van der Waals surface area contributed by atoms with Crippen LogP contribution < -0.4 is 9.47 Å². The number of rotatable bonds is 6. The van der Waals surface area contributed by atoms with Crippen LogP contribution in [0.1, 0.15) is 26.3 Å². The highest BCUT2D eigenvalue weighted by Crippen LogP contribution is 2.36. The molecule has 0 fully saturated rings. The molecule has 0 aliphatic rings. The number of thioether (sulfide) groups is 1. The van der Waals surface area contributed by atoms with Gasteiger partial charge in [-0.1, -0.05) is 12.1 Å². The summed E-state index contributed by atoms with van der Waals surface area (Å²) in [4.78, 5) is 23.7. The van der Waals surface area contributed by atoms with Gasteiger partial charge < -0.3 is 14.6 Å². The summed E-state index contributed by atoms with van der Waals surface area (Å²) in [5.41, 5.74) is 1.04. The van der Waals surface area contributed by atoms with Crippen molar-refractivity contribution in [2.45, 2.75) is 5.75 Å². The number of hydrogen-bond acceptors (Lipinski definition) is 5. The Hall–Kier alpha value is -1.99. The average molecular weight is 411 g/mol. The second-order valence-corrected chi connectivity index (χ2v) is 6.49. The number of methoxy groups -OCH3 is 1. The lowest BCUT2D eigenvalue weighted by Crippen LogP contribution is -2.12. The van der Waals surface area contributed by atoms with Crippen molar-refractivity contribution in [3.05, 3.63) is 57.6 Å². The van der Waals surface area contributed by atoms with Crippen LogP contribution in [0.15, 0.2) is 40.9 Å². The molecule has 2 rings (SSSR count). The molecule has 0 atom stereocenters. The first-order valence-corrected chi connectivity index (χ1v) is 9.06. The summed E-state index contributed by atoms with van der Waals surface area (Å²) in [5, 5.41) is 9.21. The van der Waals surface area contributed by atoms with E-state index in [1.807, 2.05) is 6.26 Å². The number of carbonyl (C=O) groups is 2. The average Bonchev–Trinajstić information content (AvgIpc) is 2.56. The highest BCUT2D eigenvalue weighted by Gasteiger charge is 2.20. The monoisotopic (exact) mass is 410 g/mol. The Kier molecular flexibility index (Phi) is 6.28. The molecule has 5 nitrogen and oxygen atoms in total. The molecule has 126 valence electrons. The Morgan fingerprint density at radius 3 is 2.54 bits per heavy atom. The van der Waals surface area contributed by atoms with Gasteiger partial charge in [-0.25, -0.2) is 9.59 Å². The van der Waals surface area contributed by atoms with Crippen molar-refractivity contribution in [3.63, 3.8) is 0 Å². The number of aromatic carboxylic acids is 1. The summed E-state index contributed by atoms with van der Waals surface area (Å²) in [5.74, 6) is -0.696. The molecule has 0 unspecified atom stereocenters. The molecule has 1 N–H and O–H groups in total. The van der Waals surface area contributed by atoms with Crippen LogP contribution in [-0.4, -0.2) is 30.4 Å². The van der Waals surface area contributed by atoms with E-state index >= 15 is 0 Å². The van der Waals surface area contributed by atoms with Crippen molar-refractivity contribution < 1.29 is 24.2 Å². The SMILES string of the molecule is COc1cc(C(=O)O)cc(CSC)c1OC(=O)c1ccccc1Br. The molecule has 2 aromatic rings. The molecule has 0 aromatic heterocycles. The third-order valence-electron chi connectivity index (χ3n) is 3.19. The molecule has 0 radical (unpaired) electrons. The number of carboxylic acid groups (broad SMARTS) is 1. The molecule has 0 heterocycles. The topological polar surface area (TPSA) is 72.8 Å². The van der Waals surface area contributed by atoms with E-state index in [9.17, 15) is 14.7 Å². The van der Waals surface area contributed by atoms with Gasteiger partial charge in [-0.3, -0.25) is 0 Å². The number of ether oxygens (including phenoxy) is 2. The first-order chi connectivity index (χ1) is 11.5. The largest absolute Gasteiger partial charge is 0.493 e. The van der Waals surface area contributed by atoms with E-state index in [1.165, 1.54) is 31.0 Å². The van der Waals surface area contributed by atoms with E-state index < -0.39 is 11.9 Å². The molecule has 0 aliphatic heterocycles. The standard InChI is InChI=1S/C17H15BrO5S/c1-22-14-8-10(16(19)20)7-11(9-24-2)15(14)23-17(21)12-5-3-4-6-13(12)18/h3-8H,9H2,1-2H3,(H,19,20). The minimum atomic E-state index is -1.07. The zero-order valence-electron chi connectivity index (χ0n) is 13.0. The number of carbonyl (C=O) groups excluding carboxylic acids is 1. The molecule has 2 aromatic carbocycles. The zero-order chi connectivity index (χ0) is 17.7. The van der Waals surface area contributed by atoms with Crippen molar-refractivity contribution in [1.29, 1.82) is 0 Å². The zero-order valence-corrected chi connectivity index (χ0v) is 15.4. The van der Waals surface area contributed by atoms with Crippen molar-refractivity contribution in [3.8, 4) is 11.5 Å². The molecular weight excluding hydrogens is 396 g/mol.